The van der Waals surface area contributed by atoms with Gasteiger partial charge in [0.05, 0.1) is 0 Å². The Labute approximate surface area is 92.6 Å². The molecule has 2 N–H and O–H groups in total. The van der Waals surface area contributed by atoms with Gasteiger partial charge >= 0.3 is 5.97 Å². The maximum absolute atomic E-state index is 11.9. The summed E-state index contributed by atoms with van der Waals surface area (Å²) < 4.78 is 0. The number of carboxylic acid groups (broad SMARTS) is 1. The van der Waals surface area contributed by atoms with Crippen LogP contribution < -0.4 is 5.32 Å². The van der Waals surface area contributed by atoms with E-state index in [2.05, 4.69) is 5.32 Å². The van der Waals surface area contributed by atoms with Crippen molar-refractivity contribution in [2.75, 3.05) is 6.54 Å². The highest BCUT2D eigenvalue weighted by molar-refractivity contribution is 5.97. The third-order valence-electron chi connectivity index (χ3n) is 3.10. The van der Waals surface area contributed by atoms with Gasteiger partial charge in [-0.2, -0.15) is 0 Å². The fraction of sp³-hybridized carbons (Fsp3) is 0.700. The van der Waals surface area contributed by atoms with Crippen LogP contribution in [0.15, 0.2) is 0 Å². The first-order valence-electron chi connectivity index (χ1n) is 5.42. The van der Waals surface area contributed by atoms with Gasteiger partial charge in [-0.05, 0) is 19.3 Å². The number of aliphatic carboxylic acids is 1. The van der Waals surface area contributed by atoms with E-state index in [1.54, 1.807) is 4.90 Å². The molecule has 2 aliphatic rings. The Hall–Kier alpha value is -1.59. The number of carbonyl (C=O) groups excluding carboxylic acids is 2. The van der Waals surface area contributed by atoms with Gasteiger partial charge in [0.15, 0.2) is 0 Å². The highest BCUT2D eigenvalue weighted by atomic mass is 16.4. The van der Waals surface area contributed by atoms with E-state index in [1.165, 1.54) is 0 Å². The molecular formula is C10H14N2O4. The average Bonchev–Trinajstić information content (AvgIpc) is 2.70. The SMILES string of the molecule is O=C(O)CC[C@H]1NC(=O)[C@@H]2CCCN2C1=O. The standard InChI is InChI=1S/C10H14N2O4/c13-8(14)4-3-6-10(16)12-5-1-2-7(12)9(15)11-6/h6-7H,1-5H2,(H,11,15)(H,13,14)/t6-,7+/m1/s1. The minimum Gasteiger partial charge on any atom is -0.481 e. The summed E-state index contributed by atoms with van der Waals surface area (Å²) >= 11 is 0. The molecule has 16 heavy (non-hydrogen) atoms. The Morgan fingerprint density at radius 2 is 2.25 bits per heavy atom. The maximum atomic E-state index is 11.9. The second-order valence-electron chi connectivity index (χ2n) is 4.18. The van der Waals surface area contributed by atoms with Crippen LogP contribution in [0, 0.1) is 0 Å². The molecule has 0 saturated carbocycles. The van der Waals surface area contributed by atoms with Gasteiger partial charge in [-0.3, -0.25) is 14.4 Å². The topological polar surface area (TPSA) is 86.7 Å². The van der Waals surface area contributed by atoms with E-state index >= 15 is 0 Å². The molecule has 6 heteroatoms. The number of piperazine rings is 1. The van der Waals surface area contributed by atoms with Crippen LogP contribution in [0.4, 0.5) is 0 Å². The molecule has 0 aliphatic carbocycles. The number of hydrogen-bond acceptors (Lipinski definition) is 3. The fourth-order valence-electron chi connectivity index (χ4n) is 2.30. The lowest BCUT2D eigenvalue weighted by Crippen LogP contribution is -2.61. The van der Waals surface area contributed by atoms with E-state index < -0.39 is 12.0 Å². The van der Waals surface area contributed by atoms with Crippen molar-refractivity contribution in [3.8, 4) is 0 Å². The second-order valence-corrected chi connectivity index (χ2v) is 4.18. The summed E-state index contributed by atoms with van der Waals surface area (Å²) in [7, 11) is 0. The average molecular weight is 226 g/mol. The van der Waals surface area contributed by atoms with Crippen molar-refractivity contribution in [3.05, 3.63) is 0 Å². The molecule has 0 radical (unpaired) electrons. The second kappa shape index (κ2) is 4.11. The van der Waals surface area contributed by atoms with E-state index in [0.29, 0.717) is 13.0 Å². The molecule has 2 aliphatic heterocycles. The van der Waals surface area contributed by atoms with Crippen LogP contribution in [0.25, 0.3) is 0 Å². The molecule has 88 valence electrons. The van der Waals surface area contributed by atoms with Gasteiger partial charge < -0.3 is 15.3 Å². The number of fused-ring (bicyclic) bond motifs is 1. The van der Waals surface area contributed by atoms with Crippen molar-refractivity contribution >= 4 is 17.8 Å². The lowest BCUT2D eigenvalue weighted by Gasteiger charge is -2.34. The van der Waals surface area contributed by atoms with Crippen molar-refractivity contribution in [2.24, 2.45) is 0 Å². The summed E-state index contributed by atoms with van der Waals surface area (Å²) in [4.78, 5) is 35.5. The van der Waals surface area contributed by atoms with Crippen LogP contribution >= 0.6 is 0 Å². The van der Waals surface area contributed by atoms with E-state index in [0.717, 1.165) is 6.42 Å². The summed E-state index contributed by atoms with van der Waals surface area (Å²) in [5.41, 5.74) is 0. The molecular weight excluding hydrogens is 212 g/mol. The zero-order valence-corrected chi connectivity index (χ0v) is 8.81. The smallest absolute Gasteiger partial charge is 0.303 e. The zero-order chi connectivity index (χ0) is 11.7. The predicted molar refractivity (Wildman–Crippen MR) is 53.5 cm³/mol. The summed E-state index contributed by atoms with van der Waals surface area (Å²) in [6.45, 7) is 0.612. The first-order chi connectivity index (χ1) is 7.59. The minimum atomic E-state index is -0.953. The molecule has 2 rings (SSSR count). The Morgan fingerprint density at radius 3 is 2.94 bits per heavy atom. The summed E-state index contributed by atoms with van der Waals surface area (Å²) in [6.07, 6.45) is 1.62. The number of amides is 2. The molecule has 2 amide bonds. The molecule has 0 aromatic rings. The Kier molecular flexibility index (Phi) is 2.80. The Morgan fingerprint density at radius 1 is 1.50 bits per heavy atom. The van der Waals surface area contributed by atoms with Gasteiger partial charge in [-0.15, -0.1) is 0 Å². The summed E-state index contributed by atoms with van der Waals surface area (Å²) in [5.74, 6) is -1.23. The molecule has 2 atom stereocenters. The molecule has 2 fully saturated rings. The van der Waals surface area contributed by atoms with Crippen molar-refractivity contribution < 1.29 is 19.5 Å². The molecule has 0 aromatic carbocycles. The number of hydrogen-bond donors (Lipinski definition) is 2. The van der Waals surface area contributed by atoms with Crippen LogP contribution in [0.3, 0.4) is 0 Å². The fourth-order valence-corrected chi connectivity index (χ4v) is 2.30. The highest BCUT2D eigenvalue weighted by Gasteiger charge is 2.42. The van der Waals surface area contributed by atoms with Crippen LogP contribution in [-0.4, -0.2) is 46.4 Å². The van der Waals surface area contributed by atoms with Crippen molar-refractivity contribution in [1.29, 1.82) is 0 Å². The molecule has 6 nitrogen and oxygen atoms in total. The summed E-state index contributed by atoms with van der Waals surface area (Å²) in [6, 6.07) is -0.980. The highest BCUT2D eigenvalue weighted by Crippen LogP contribution is 2.23. The minimum absolute atomic E-state index is 0.102. The predicted octanol–water partition coefficient (Wildman–Crippen LogP) is -0.659. The molecule has 0 unspecified atom stereocenters. The third-order valence-corrected chi connectivity index (χ3v) is 3.10. The van der Waals surface area contributed by atoms with Gasteiger partial charge in [-0.25, -0.2) is 0 Å². The van der Waals surface area contributed by atoms with Gasteiger partial charge in [0.1, 0.15) is 12.1 Å². The molecule has 0 bridgehead atoms. The molecule has 0 aromatic heterocycles. The molecule has 2 heterocycles. The zero-order valence-electron chi connectivity index (χ0n) is 8.81. The van der Waals surface area contributed by atoms with Gasteiger partial charge in [0.25, 0.3) is 0 Å². The number of carboxylic acids is 1. The lowest BCUT2D eigenvalue weighted by atomic mass is 10.0. The van der Waals surface area contributed by atoms with Crippen LogP contribution in [-0.2, 0) is 14.4 Å². The number of nitrogens with one attached hydrogen (secondary N) is 1. The number of rotatable bonds is 3. The Bertz CT molecular complexity index is 342. The summed E-state index contributed by atoms with van der Waals surface area (Å²) in [5, 5.41) is 11.1. The first-order valence-corrected chi connectivity index (χ1v) is 5.42. The Balaban J connectivity index is 2.02. The van der Waals surface area contributed by atoms with Gasteiger partial charge in [-0.1, -0.05) is 0 Å². The van der Waals surface area contributed by atoms with Crippen molar-refractivity contribution in [1.82, 2.24) is 10.2 Å². The largest absolute Gasteiger partial charge is 0.481 e. The lowest BCUT2D eigenvalue weighted by molar-refractivity contribution is -0.147. The van der Waals surface area contributed by atoms with Gasteiger partial charge in [0, 0.05) is 13.0 Å². The number of nitrogens with zero attached hydrogens (tertiary/aromatic N) is 1. The van der Waals surface area contributed by atoms with Crippen LogP contribution in [0.5, 0.6) is 0 Å². The number of carbonyl (C=O) groups is 3. The molecule has 0 spiro atoms. The van der Waals surface area contributed by atoms with Crippen molar-refractivity contribution in [3.63, 3.8) is 0 Å². The monoisotopic (exact) mass is 226 g/mol. The first kappa shape index (κ1) is 10.9. The van der Waals surface area contributed by atoms with Gasteiger partial charge in [0.2, 0.25) is 11.8 Å². The normalized spacial score (nSPS) is 28.9. The van der Waals surface area contributed by atoms with E-state index in [9.17, 15) is 14.4 Å². The van der Waals surface area contributed by atoms with Crippen LogP contribution in [0.2, 0.25) is 0 Å². The van der Waals surface area contributed by atoms with Crippen molar-refractivity contribution in [2.45, 2.75) is 37.8 Å². The van der Waals surface area contributed by atoms with Crippen LogP contribution in [0.1, 0.15) is 25.7 Å². The van der Waals surface area contributed by atoms with E-state index in [-0.39, 0.29) is 30.7 Å². The third kappa shape index (κ3) is 1.87. The molecule has 2 saturated heterocycles. The van der Waals surface area contributed by atoms with E-state index in [1.807, 2.05) is 0 Å². The quantitative estimate of drug-likeness (QED) is 0.669. The van der Waals surface area contributed by atoms with E-state index in [4.69, 9.17) is 5.11 Å². The maximum Gasteiger partial charge on any atom is 0.303 e.